The zero-order chi connectivity index (χ0) is 15.7. The molecule has 0 heterocycles. The number of carbonyl (C=O) groups is 1. The lowest BCUT2D eigenvalue weighted by Crippen LogP contribution is -2.42. The molecule has 124 valence electrons. The van der Waals surface area contributed by atoms with Crippen LogP contribution >= 0.6 is 0 Å². The van der Waals surface area contributed by atoms with Gasteiger partial charge < -0.3 is 5.32 Å². The molecule has 0 aliphatic heterocycles. The van der Waals surface area contributed by atoms with Crippen molar-refractivity contribution in [1.82, 2.24) is 5.32 Å². The average molecular weight is 323 g/mol. The Hall–Kier alpha value is -1.66. The number of amides is 1. The van der Waals surface area contributed by atoms with Gasteiger partial charge in [-0.1, -0.05) is 27.2 Å². The van der Waals surface area contributed by atoms with E-state index in [9.17, 15) is 26.7 Å². The number of rotatable bonds is 2. The highest BCUT2D eigenvalue weighted by molar-refractivity contribution is 5.95. The van der Waals surface area contributed by atoms with Crippen molar-refractivity contribution in [2.45, 2.75) is 46.1 Å². The molecular weight excluding hydrogens is 305 g/mol. The van der Waals surface area contributed by atoms with Crippen molar-refractivity contribution >= 4 is 5.91 Å². The Morgan fingerprint density at radius 3 is 1.86 bits per heavy atom. The first-order valence-electron chi connectivity index (χ1n) is 6.66. The molecule has 1 saturated carbocycles. The Morgan fingerprint density at radius 1 is 0.909 bits per heavy atom. The lowest BCUT2D eigenvalue weighted by molar-refractivity contribution is 0.0898. The Balaban J connectivity index is 0.00000242. The number of carbonyl (C=O) groups excluding carboxylic acids is 1. The predicted octanol–water partition coefficient (Wildman–Crippen LogP) is 4.33. The van der Waals surface area contributed by atoms with Crippen molar-refractivity contribution < 1.29 is 26.7 Å². The second-order valence-electron chi connectivity index (χ2n) is 5.29. The van der Waals surface area contributed by atoms with Crippen LogP contribution in [0.15, 0.2) is 0 Å². The summed E-state index contributed by atoms with van der Waals surface area (Å²) in [6.07, 6.45) is 3.27. The number of halogens is 5. The number of hydrogen-bond donors (Lipinski definition) is 1. The van der Waals surface area contributed by atoms with Crippen molar-refractivity contribution in [3.63, 3.8) is 0 Å². The third-order valence-electron chi connectivity index (χ3n) is 3.86. The molecule has 0 bridgehead atoms. The first kappa shape index (κ1) is 18.4. The molecule has 22 heavy (non-hydrogen) atoms. The summed E-state index contributed by atoms with van der Waals surface area (Å²) in [6.45, 7) is 1.86. The quantitative estimate of drug-likeness (QED) is 0.490. The van der Waals surface area contributed by atoms with Crippen LogP contribution < -0.4 is 5.32 Å². The van der Waals surface area contributed by atoms with E-state index in [1.807, 2.05) is 6.92 Å². The standard InChI is InChI=1S/C14H14F5NO.CH4/c1-6-4-2-3-5-7(6)20-14(21)8-9(15)11(17)13(19)12(18)10(8)16;/h6-7H,2-5H2,1H3,(H,20,21);1H4. The van der Waals surface area contributed by atoms with Gasteiger partial charge >= 0.3 is 0 Å². The summed E-state index contributed by atoms with van der Waals surface area (Å²) in [5, 5.41) is 2.37. The topological polar surface area (TPSA) is 29.1 Å². The van der Waals surface area contributed by atoms with E-state index in [0.717, 1.165) is 19.3 Å². The van der Waals surface area contributed by atoms with Crippen molar-refractivity contribution in [3.8, 4) is 0 Å². The minimum Gasteiger partial charge on any atom is -0.349 e. The molecule has 0 aromatic heterocycles. The van der Waals surface area contributed by atoms with E-state index < -0.39 is 40.6 Å². The van der Waals surface area contributed by atoms with Crippen molar-refractivity contribution in [2.75, 3.05) is 0 Å². The van der Waals surface area contributed by atoms with Crippen LogP contribution in [0.2, 0.25) is 0 Å². The zero-order valence-electron chi connectivity index (χ0n) is 11.3. The molecular formula is C15H18F5NO. The fourth-order valence-corrected chi connectivity index (χ4v) is 2.58. The molecule has 1 aliphatic rings. The summed E-state index contributed by atoms with van der Waals surface area (Å²) in [5.41, 5.74) is -1.43. The fourth-order valence-electron chi connectivity index (χ4n) is 2.58. The Labute approximate surface area is 125 Å². The Bertz CT molecular complexity index is 547. The molecule has 1 aromatic carbocycles. The number of benzene rings is 1. The Morgan fingerprint density at radius 2 is 1.36 bits per heavy atom. The van der Waals surface area contributed by atoms with Gasteiger partial charge in [-0.15, -0.1) is 0 Å². The van der Waals surface area contributed by atoms with Crippen LogP contribution in [0, 0.1) is 35.0 Å². The van der Waals surface area contributed by atoms with Gasteiger partial charge in [0.05, 0.1) is 0 Å². The molecule has 2 rings (SSSR count). The molecule has 1 amide bonds. The van der Waals surface area contributed by atoms with Gasteiger partial charge in [-0.3, -0.25) is 4.79 Å². The smallest absolute Gasteiger partial charge is 0.257 e. The maximum atomic E-state index is 13.5. The normalized spacial score (nSPS) is 21.2. The van der Waals surface area contributed by atoms with Crippen molar-refractivity contribution in [2.24, 2.45) is 5.92 Å². The first-order valence-corrected chi connectivity index (χ1v) is 6.66. The fraction of sp³-hybridized carbons (Fsp3) is 0.533. The minimum absolute atomic E-state index is 0. The van der Waals surface area contributed by atoms with Gasteiger partial charge in [0.1, 0.15) is 5.56 Å². The van der Waals surface area contributed by atoms with E-state index in [1.54, 1.807) is 0 Å². The van der Waals surface area contributed by atoms with E-state index in [2.05, 4.69) is 5.32 Å². The lowest BCUT2D eigenvalue weighted by atomic mass is 9.86. The van der Waals surface area contributed by atoms with Gasteiger partial charge in [0.15, 0.2) is 23.3 Å². The highest BCUT2D eigenvalue weighted by atomic mass is 19.2. The minimum atomic E-state index is -2.27. The van der Waals surface area contributed by atoms with Crippen LogP contribution in [0.3, 0.4) is 0 Å². The van der Waals surface area contributed by atoms with Crippen LogP contribution in [0.5, 0.6) is 0 Å². The van der Waals surface area contributed by atoms with Crippen LogP contribution in [-0.2, 0) is 0 Å². The maximum Gasteiger partial charge on any atom is 0.257 e. The van der Waals surface area contributed by atoms with E-state index in [4.69, 9.17) is 0 Å². The summed E-state index contributed by atoms with van der Waals surface area (Å²) < 4.78 is 66.1. The van der Waals surface area contributed by atoms with Crippen molar-refractivity contribution in [3.05, 3.63) is 34.6 Å². The highest BCUT2D eigenvalue weighted by Gasteiger charge is 2.31. The molecule has 1 aliphatic carbocycles. The van der Waals surface area contributed by atoms with Crippen LogP contribution in [0.4, 0.5) is 22.0 Å². The predicted molar refractivity (Wildman–Crippen MR) is 71.8 cm³/mol. The molecule has 0 radical (unpaired) electrons. The summed E-state index contributed by atoms with van der Waals surface area (Å²) >= 11 is 0. The highest BCUT2D eigenvalue weighted by Crippen LogP contribution is 2.26. The van der Waals surface area contributed by atoms with Gasteiger partial charge in [-0.05, 0) is 18.8 Å². The first-order chi connectivity index (χ1) is 9.84. The third-order valence-corrected chi connectivity index (χ3v) is 3.86. The van der Waals surface area contributed by atoms with Crippen LogP contribution in [0.1, 0.15) is 50.4 Å². The molecule has 2 atom stereocenters. The molecule has 0 saturated heterocycles. The molecule has 0 spiro atoms. The van der Waals surface area contributed by atoms with Crippen molar-refractivity contribution in [1.29, 1.82) is 0 Å². The average Bonchev–Trinajstić information content (AvgIpc) is 2.46. The molecule has 1 aromatic rings. The SMILES string of the molecule is C.CC1CCCCC1NC(=O)c1c(F)c(F)c(F)c(F)c1F. The zero-order valence-corrected chi connectivity index (χ0v) is 11.3. The van der Waals surface area contributed by atoms with E-state index in [-0.39, 0.29) is 19.4 Å². The molecule has 2 unspecified atom stereocenters. The molecule has 2 nitrogen and oxygen atoms in total. The van der Waals surface area contributed by atoms with Gasteiger partial charge in [0, 0.05) is 6.04 Å². The summed E-state index contributed by atoms with van der Waals surface area (Å²) in [4.78, 5) is 11.9. The van der Waals surface area contributed by atoms with Crippen LogP contribution in [0.25, 0.3) is 0 Å². The van der Waals surface area contributed by atoms with E-state index in [0.29, 0.717) is 6.42 Å². The van der Waals surface area contributed by atoms with E-state index in [1.165, 1.54) is 0 Å². The van der Waals surface area contributed by atoms with E-state index >= 15 is 0 Å². The molecule has 1 N–H and O–H groups in total. The van der Waals surface area contributed by atoms with Gasteiger partial charge in [-0.25, -0.2) is 22.0 Å². The number of hydrogen-bond acceptors (Lipinski definition) is 1. The molecule has 1 fully saturated rings. The number of nitrogens with one attached hydrogen (secondary N) is 1. The van der Waals surface area contributed by atoms with Crippen LogP contribution in [-0.4, -0.2) is 11.9 Å². The monoisotopic (exact) mass is 323 g/mol. The summed E-state index contributed by atoms with van der Waals surface area (Å²) in [6, 6.07) is -0.332. The summed E-state index contributed by atoms with van der Waals surface area (Å²) in [5.74, 6) is -11.9. The lowest BCUT2D eigenvalue weighted by Gasteiger charge is -2.29. The maximum absolute atomic E-state index is 13.5. The summed E-state index contributed by atoms with van der Waals surface area (Å²) in [7, 11) is 0. The van der Waals surface area contributed by atoms with Gasteiger partial charge in [-0.2, -0.15) is 0 Å². The molecule has 7 heteroatoms. The Kier molecular flexibility index (Phi) is 5.91. The largest absolute Gasteiger partial charge is 0.349 e. The second-order valence-corrected chi connectivity index (χ2v) is 5.29. The second kappa shape index (κ2) is 7.07. The van der Waals surface area contributed by atoms with Gasteiger partial charge in [0.2, 0.25) is 5.82 Å². The van der Waals surface area contributed by atoms with Gasteiger partial charge in [0.25, 0.3) is 5.91 Å². The third kappa shape index (κ3) is 3.23.